The van der Waals surface area contributed by atoms with Gasteiger partial charge in [0, 0.05) is 26.1 Å². The maximum absolute atomic E-state index is 12.9. The van der Waals surface area contributed by atoms with Crippen LogP contribution in [0.4, 0.5) is 0 Å². The molecule has 2 amide bonds. The Bertz CT molecular complexity index is 536. The maximum atomic E-state index is 12.9. The first kappa shape index (κ1) is 19.5. The van der Waals surface area contributed by atoms with Crippen molar-refractivity contribution in [2.45, 2.75) is 52.7 Å². The van der Waals surface area contributed by atoms with Crippen LogP contribution in [0, 0.1) is 5.92 Å². The topological polar surface area (TPSA) is 63.0 Å². The molecule has 0 aromatic carbocycles. The molecule has 1 aromatic heterocycles. The van der Waals surface area contributed by atoms with Gasteiger partial charge in [-0.1, -0.05) is 20.8 Å². The van der Waals surface area contributed by atoms with Gasteiger partial charge in [-0.3, -0.25) is 9.59 Å². The summed E-state index contributed by atoms with van der Waals surface area (Å²) in [5.41, 5.74) is 0. The van der Waals surface area contributed by atoms with Crippen molar-refractivity contribution in [3.05, 3.63) is 24.2 Å². The summed E-state index contributed by atoms with van der Waals surface area (Å²) in [6, 6.07) is 3.68. The second-order valence-electron chi connectivity index (χ2n) is 7.01. The lowest BCUT2D eigenvalue weighted by molar-refractivity contribution is -0.142. The quantitative estimate of drug-likeness (QED) is 0.687. The molecule has 0 saturated carbocycles. The first-order valence-corrected chi connectivity index (χ1v) is 9.19. The summed E-state index contributed by atoms with van der Waals surface area (Å²) in [5, 5.41) is 0. The van der Waals surface area contributed by atoms with Crippen molar-refractivity contribution in [3.63, 3.8) is 0 Å². The van der Waals surface area contributed by atoms with Gasteiger partial charge in [0.2, 0.25) is 11.8 Å². The van der Waals surface area contributed by atoms with Crippen LogP contribution in [-0.2, 0) is 20.9 Å². The van der Waals surface area contributed by atoms with Crippen LogP contribution in [0.1, 0.15) is 45.8 Å². The van der Waals surface area contributed by atoms with E-state index >= 15 is 0 Å². The zero-order chi connectivity index (χ0) is 18.2. The molecule has 0 aliphatic carbocycles. The van der Waals surface area contributed by atoms with Gasteiger partial charge in [-0.25, -0.2) is 0 Å². The third-order valence-electron chi connectivity index (χ3n) is 4.29. The number of ether oxygens (including phenoxy) is 1. The summed E-state index contributed by atoms with van der Waals surface area (Å²) in [6.45, 7) is 8.32. The minimum atomic E-state index is -0.0608. The molecule has 1 fully saturated rings. The summed E-state index contributed by atoms with van der Waals surface area (Å²) in [5.74, 6) is 1.01. The van der Waals surface area contributed by atoms with Crippen molar-refractivity contribution in [1.29, 1.82) is 0 Å². The van der Waals surface area contributed by atoms with Gasteiger partial charge in [-0.2, -0.15) is 0 Å². The van der Waals surface area contributed by atoms with E-state index in [0.717, 1.165) is 25.2 Å². The predicted molar refractivity (Wildman–Crippen MR) is 94.8 cm³/mol. The smallest absolute Gasteiger partial charge is 0.242 e. The monoisotopic (exact) mass is 350 g/mol. The van der Waals surface area contributed by atoms with E-state index < -0.39 is 0 Å². The van der Waals surface area contributed by atoms with Crippen LogP contribution >= 0.6 is 0 Å². The van der Waals surface area contributed by atoms with Gasteiger partial charge in [0.1, 0.15) is 5.76 Å². The molecule has 25 heavy (non-hydrogen) atoms. The Morgan fingerprint density at radius 1 is 1.28 bits per heavy atom. The fourth-order valence-electron chi connectivity index (χ4n) is 3.06. The van der Waals surface area contributed by atoms with E-state index in [4.69, 9.17) is 9.15 Å². The van der Waals surface area contributed by atoms with Crippen LogP contribution in [0.5, 0.6) is 0 Å². The Balaban J connectivity index is 2.04. The second-order valence-corrected chi connectivity index (χ2v) is 7.01. The van der Waals surface area contributed by atoms with Crippen LogP contribution in [0.25, 0.3) is 0 Å². The minimum absolute atomic E-state index is 0.0112. The van der Waals surface area contributed by atoms with Gasteiger partial charge < -0.3 is 19.0 Å². The fourth-order valence-corrected chi connectivity index (χ4v) is 3.06. The molecular formula is C19H30N2O4. The summed E-state index contributed by atoms with van der Waals surface area (Å²) >= 11 is 0. The number of furan rings is 1. The first-order valence-electron chi connectivity index (χ1n) is 9.19. The number of nitrogens with zero attached hydrogens (tertiary/aromatic N) is 2. The normalized spacial score (nSPS) is 17.0. The molecule has 6 heteroatoms. The van der Waals surface area contributed by atoms with E-state index in [-0.39, 0.29) is 24.5 Å². The summed E-state index contributed by atoms with van der Waals surface area (Å²) in [6.07, 6.45) is 4.08. The van der Waals surface area contributed by atoms with Crippen LogP contribution in [0.2, 0.25) is 0 Å². The van der Waals surface area contributed by atoms with Crippen LogP contribution < -0.4 is 0 Å². The minimum Gasteiger partial charge on any atom is -0.467 e. The van der Waals surface area contributed by atoms with Crippen molar-refractivity contribution < 1.29 is 18.7 Å². The van der Waals surface area contributed by atoms with Gasteiger partial charge in [0.25, 0.3) is 0 Å². The third kappa shape index (κ3) is 6.20. The Morgan fingerprint density at radius 3 is 2.64 bits per heavy atom. The van der Waals surface area contributed by atoms with Gasteiger partial charge in [-0.15, -0.1) is 0 Å². The molecule has 6 nitrogen and oxygen atoms in total. The summed E-state index contributed by atoms with van der Waals surface area (Å²) in [4.78, 5) is 28.5. The molecule has 1 aromatic rings. The van der Waals surface area contributed by atoms with E-state index in [1.54, 1.807) is 16.1 Å². The summed E-state index contributed by atoms with van der Waals surface area (Å²) in [7, 11) is 0. The van der Waals surface area contributed by atoms with Crippen molar-refractivity contribution in [2.75, 3.05) is 26.2 Å². The highest BCUT2D eigenvalue weighted by molar-refractivity contribution is 5.84. The summed E-state index contributed by atoms with van der Waals surface area (Å²) < 4.78 is 11.1. The molecule has 140 valence electrons. The lowest BCUT2D eigenvalue weighted by atomic mass is 10.2. The number of rotatable bonds is 9. The highest BCUT2D eigenvalue weighted by Gasteiger charge is 2.26. The third-order valence-corrected chi connectivity index (χ3v) is 4.29. The zero-order valence-corrected chi connectivity index (χ0v) is 15.6. The van der Waals surface area contributed by atoms with Gasteiger partial charge in [-0.05, 0) is 30.9 Å². The number of carbonyl (C=O) groups is 2. The largest absolute Gasteiger partial charge is 0.467 e. The molecule has 1 aliphatic rings. The van der Waals surface area contributed by atoms with Gasteiger partial charge >= 0.3 is 0 Å². The highest BCUT2D eigenvalue weighted by Crippen LogP contribution is 2.16. The van der Waals surface area contributed by atoms with Crippen molar-refractivity contribution in [2.24, 2.45) is 5.92 Å². The van der Waals surface area contributed by atoms with Crippen LogP contribution in [0.15, 0.2) is 22.8 Å². The van der Waals surface area contributed by atoms with Crippen LogP contribution in [0.3, 0.4) is 0 Å². The lowest BCUT2D eigenvalue weighted by Gasteiger charge is -2.29. The Morgan fingerprint density at radius 2 is 2.08 bits per heavy atom. The van der Waals surface area contributed by atoms with Crippen LogP contribution in [-0.4, -0.2) is 54.0 Å². The Kier molecular flexibility index (Phi) is 7.50. The van der Waals surface area contributed by atoms with Gasteiger partial charge in [0.05, 0.1) is 25.5 Å². The molecule has 1 atom stereocenters. The molecular weight excluding hydrogens is 320 g/mol. The molecule has 0 spiro atoms. The molecule has 1 unspecified atom stereocenters. The van der Waals surface area contributed by atoms with Crippen molar-refractivity contribution in [3.8, 4) is 0 Å². The highest BCUT2D eigenvalue weighted by atomic mass is 16.5. The van der Waals surface area contributed by atoms with Crippen molar-refractivity contribution in [1.82, 2.24) is 9.80 Å². The molecule has 0 N–H and O–H groups in total. The SMILES string of the molecule is CCC(=O)N(CC(=O)N(Cc1ccco1)CC1CCCO1)CC(C)C. The van der Waals surface area contributed by atoms with Gasteiger partial charge in [0.15, 0.2) is 0 Å². The number of carbonyl (C=O) groups excluding carboxylic acids is 2. The number of hydrogen-bond donors (Lipinski definition) is 0. The average molecular weight is 350 g/mol. The second kappa shape index (κ2) is 9.61. The molecule has 2 heterocycles. The van der Waals surface area contributed by atoms with Crippen molar-refractivity contribution >= 4 is 11.8 Å². The number of amides is 2. The molecule has 1 aliphatic heterocycles. The van der Waals surface area contributed by atoms with E-state index in [2.05, 4.69) is 0 Å². The molecule has 0 bridgehead atoms. The average Bonchev–Trinajstić information content (AvgIpc) is 3.26. The fraction of sp³-hybridized carbons (Fsp3) is 0.684. The predicted octanol–water partition coefficient (Wildman–Crippen LogP) is 2.68. The first-order chi connectivity index (χ1) is 12.0. The van der Waals surface area contributed by atoms with E-state index in [0.29, 0.717) is 32.0 Å². The number of hydrogen-bond acceptors (Lipinski definition) is 4. The molecule has 1 saturated heterocycles. The Labute approximate surface area is 150 Å². The Hall–Kier alpha value is -1.82. The zero-order valence-electron chi connectivity index (χ0n) is 15.6. The maximum Gasteiger partial charge on any atom is 0.242 e. The van der Waals surface area contributed by atoms with E-state index in [1.807, 2.05) is 32.9 Å². The molecule has 0 radical (unpaired) electrons. The molecule has 2 rings (SSSR count). The standard InChI is InChI=1S/C19H30N2O4/c1-4-18(22)20(11-15(2)3)14-19(23)21(12-16-7-5-9-24-16)13-17-8-6-10-25-17/h5,7,9,15,17H,4,6,8,10-14H2,1-3H3. The van der Waals surface area contributed by atoms with E-state index in [1.165, 1.54) is 0 Å². The van der Waals surface area contributed by atoms with E-state index in [9.17, 15) is 9.59 Å². The lowest BCUT2D eigenvalue weighted by Crippen LogP contribution is -2.45.